The number of amides is 1. The van der Waals surface area contributed by atoms with Gasteiger partial charge in [-0.25, -0.2) is 0 Å². The van der Waals surface area contributed by atoms with Crippen molar-refractivity contribution in [2.24, 2.45) is 0 Å². The predicted molar refractivity (Wildman–Crippen MR) is 68.5 cm³/mol. The van der Waals surface area contributed by atoms with Crippen molar-refractivity contribution in [3.63, 3.8) is 0 Å². The molecule has 0 aliphatic rings. The molecular formula is C12H16N2O5. The van der Waals surface area contributed by atoms with Gasteiger partial charge in [0.05, 0.1) is 12.0 Å². The quantitative estimate of drug-likeness (QED) is 0.458. The molecule has 0 radical (unpaired) electrons. The molecule has 7 nitrogen and oxygen atoms in total. The van der Waals surface area contributed by atoms with Crippen molar-refractivity contribution in [3.05, 3.63) is 33.9 Å². The molecule has 0 unspecified atom stereocenters. The summed E-state index contributed by atoms with van der Waals surface area (Å²) in [6.07, 6.45) is 0.681. The van der Waals surface area contributed by atoms with Crippen molar-refractivity contribution in [2.75, 3.05) is 27.4 Å². The van der Waals surface area contributed by atoms with Gasteiger partial charge in [-0.3, -0.25) is 14.9 Å². The van der Waals surface area contributed by atoms with Crippen LogP contribution in [0.3, 0.4) is 0 Å². The lowest BCUT2D eigenvalue weighted by Crippen LogP contribution is -2.25. The molecule has 1 aromatic carbocycles. The highest BCUT2D eigenvalue weighted by molar-refractivity contribution is 5.95. The number of benzene rings is 1. The molecule has 0 heterocycles. The molecular weight excluding hydrogens is 252 g/mol. The van der Waals surface area contributed by atoms with Crippen molar-refractivity contribution in [1.82, 2.24) is 5.32 Å². The fourth-order valence-electron chi connectivity index (χ4n) is 1.49. The summed E-state index contributed by atoms with van der Waals surface area (Å²) in [5.74, 6) is -0.234. The first-order chi connectivity index (χ1) is 9.10. The number of rotatable bonds is 7. The van der Waals surface area contributed by atoms with E-state index in [2.05, 4.69) is 5.32 Å². The second-order valence-corrected chi connectivity index (χ2v) is 3.75. The summed E-state index contributed by atoms with van der Waals surface area (Å²) < 4.78 is 9.72. The van der Waals surface area contributed by atoms with E-state index in [0.29, 0.717) is 19.6 Å². The SMILES string of the molecule is COCCCNC(=O)c1ccc(OC)c([N+](=O)[O-])c1. The van der Waals surface area contributed by atoms with Crippen LogP contribution in [0.15, 0.2) is 18.2 Å². The molecule has 0 saturated carbocycles. The number of carbonyl (C=O) groups is 1. The first-order valence-electron chi connectivity index (χ1n) is 5.69. The highest BCUT2D eigenvalue weighted by atomic mass is 16.6. The summed E-state index contributed by atoms with van der Waals surface area (Å²) in [4.78, 5) is 22.0. The Hall–Kier alpha value is -2.15. The van der Waals surface area contributed by atoms with E-state index in [9.17, 15) is 14.9 Å². The van der Waals surface area contributed by atoms with E-state index in [1.165, 1.54) is 25.3 Å². The van der Waals surface area contributed by atoms with Gasteiger partial charge in [0, 0.05) is 31.9 Å². The number of nitro benzene ring substituents is 1. The monoisotopic (exact) mass is 268 g/mol. The van der Waals surface area contributed by atoms with Crippen molar-refractivity contribution in [3.8, 4) is 5.75 Å². The van der Waals surface area contributed by atoms with Crippen LogP contribution < -0.4 is 10.1 Å². The number of carbonyl (C=O) groups excluding carboxylic acids is 1. The summed E-state index contributed by atoms with van der Waals surface area (Å²) in [5.41, 5.74) is -0.00282. The number of hydrogen-bond acceptors (Lipinski definition) is 5. The molecule has 19 heavy (non-hydrogen) atoms. The van der Waals surface area contributed by atoms with Gasteiger partial charge in [-0.05, 0) is 18.6 Å². The Morgan fingerprint density at radius 1 is 1.42 bits per heavy atom. The van der Waals surface area contributed by atoms with Crippen LogP contribution in [0.25, 0.3) is 0 Å². The second kappa shape index (κ2) is 7.32. The minimum atomic E-state index is -0.583. The van der Waals surface area contributed by atoms with Gasteiger partial charge in [0.15, 0.2) is 5.75 Å². The Morgan fingerprint density at radius 3 is 2.74 bits per heavy atom. The van der Waals surface area contributed by atoms with Gasteiger partial charge in [-0.15, -0.1) is 0 Å². The van der Waals surface area contributed by atoms with Gasteiger partial charge in [0.25, 0.3) is 5.91 Å². The molecule has 1 aromatic rings. The summed E-state index contributed by atoms with van der Waals surface area (Å²) in [7, 11) is 2.92. The number of ether oxygens (including phenoxy) is 2. The van der Waals surface area contributed by atoms with Crippen LogP contribution in [-0.4, -0.2) is 38.2 Å². The van der Waals surface area contributed by atoms with Gasteiger partial charge in [0.1, 0.15) is 0 Å². The number of nitrogens with one attached hydrogen (secondary N) is 1. The van der Waals surface area contributed by atoms with Crippen molar-refractivity contribution in [1.29, 1.82) is 0 Å². The summed E-state index contributed by atoms with van der Waals surface area (Å²) >= 11 is 0. The fourth-order valence-corrected chi connectivity index (χ4v) is 1.49. The Bertz CT molecular complexity index is 461. The topological polar surface area (TPSA) is 90.7 Å². The summed E-state index contributed by atoms with van der Waals surface area (Å²) in [5, 5.41) is 13.5. The normalized spacial score (nSPS) is 10.0. The lowest BCUT2D eigenvalue weighted by atomic mass is 10.1. The van der Waals surface area contributed by atoms with E-state index < -0.39 is 4.92 Å². The van der Waals surface area contributed by atoms with Crippen molar-refractivity contribution >= 4 is 11.6 Å². The van der Waals surface area contributed by atoms with Crippen LogP contribution in [0.5, 0.6) is 5.75 Å². The van der Waals surface area contributed by atoms with E-state index in [4.69, 9.17) is 9.47 Å². The molecule has 104 valence electrons. The minimum absolute atomic E-state index is 0.126. The molecule has 0 bridgehead atoms. The maximum Gasteiger partial charge on any atom is 0.311 e. The summed E-state index contributed by atoms with van der Waals surface area (Å²) in [6.45, 7) is 0.996. The average Bonchev–Trinajstić information content (AvgIpc) is 2.42. The molecule has 7 heteroatoms. The van der Waals surface area contributed by atoms with Crippen molar-refractivity contribution < 1.29 is 19.2 Å². The van der Waals surface area contributed by atoms with Crippen molar-refractivity contribution in [2.45, 2.75) is 6.42 Å². The lowest BCUT2D eigenvalue weighted by molar-refractivity contribution is -0.385. The molecule has 0 atom stereocenters. The zero-order valence-corrected chi connectivity index (χ0v) is 10.8. The van der Waals surface area contributed by atoms with E-state index in [1.807, 2.05) is 0 Å². The third-order valence-corrected chi connectivity index (χ3v) is 2.45. The molecule has 0 fully saturated rings. The smallest absolute Gasteiger partial charge is 0.311 e. The van der Waals surface area contributed by atoms with Crippen LogP contribution in [0.4, 0.5) is 5.69 Å². The Morgan fingerprint density at radius 2 is 2.16 bits per heavy atom. The zero-order valence-electron chi connectivity index (χ0n) is 10.8. The van der Waals surface area contributed by atoms with E-state index in [0.717, 1.165) is 0 Å². The van der Waals surface area contributed by atoms with Gasteiger partial charge in [-0.1, -0.05) is 0 Å². The highest BCUT2D eigenvalue weighted by Crippen LogP contribution is 2.27. The maximum absolute atomic E-state index is 11.8. The number of hydrogen-bond donors (Lipinski definition) is 1. The Labute approximate surface area is 110 Å². The maximum atomic E-state index is 11.8. The van der Waals surface area contributed by atoms with Gasteiger partial charge < -0.3 is 14.8 Å². The summed E-state index contributed by atoms with van der Waals surface area (Å²) in [6, 6.07) is 4.09. The molecule has 1 N–H and O–H groups in total. The highest BCUT2D eigenvalue weighted by Gasteiger charge is 2.17. The fraction of sp³-hybridized carbons (Fsp3) is 0.417. The van der Waals surface area contributed by atoms with Gasteiger partial charge in [-0.2, -0.15) is 0 Å². The van der Waals surface area contributed by atoms with E-state index >= 15 is 0 Å². The molecule has 0 aromatic heterocycles. The van der Waals surface area contributed by atoms with Crippen LogP contribution >= 0.6 is 0 Å². The Balaban J connectivity index is 2.75. The van der Waals surface area contributed by atoms with Crippen LogP contribution in [-0.2, 0) is 4.74 Å². The van der Waals surface area contributed by atoms with Crippen LogP contribution in [0.2, 0.25) is 0 Å². The lowest BCUT2D eigenvalue weighted by Gasteiger charge is -2.06. The number of nitrogens with zero attached hydrogens (tertiary/aromatic N) is 1. The molecule has 1 rings (SSSR count). The average molecular weight is 268 g/mol. The molecule has 0 aliphatic heterocycles. The molecule has 0 saturated heterocycles. The first-order valence-corrected chi connectivity index (χ1v) is 5.69. The van der Waals surface area contributed by atoms with Gasteiger partial charge >= 0.3 is 5.69 Å². The number of methoxy groups -OCH3 is 2. The standard InChI is InChI=1S/C12H16N2O5/c1-18-7-3-6-13-12(15)9-4-5-11(19-2)10(8-9)14(16)17/h4-5,8H,3,6-7H2,1-2H3,(H,13,15). The van der Waals surface area contributed by atoms with Crippen LogP contribution in [0.1, 0.15) is 16.8 Å². The largest absolute Gasteiger partial charge is 0.490 e. The zero-order chi connectivity index (χ0) is 14.3. The van der Waals surface area contributed by atoms with E-state index in [1.54, 1.807) is 7.11 Å². The Kier molecular flexibility index (Phi) is 5.74. The third kappa shape index (κ3) is 4.22. The molecule has 1 amide bonds. The third-order valence-electron chi connectivity index (χ3n) is 2.45. The minimum Gasteiger partial charge on any atom is -0.490 e. The van der Waals surface area contributed by atoms with Gasteiger partial charge in [0.2, 0.25) is 0 Å². The first kappa shape index (κ1) is 14.9. The molecule has 0 spiro atoms. The second-order valence-electron chi connectivity index (χ2n) is 3.75. The van der Waals surface area contributed by atoms with E-state index in [-0.39, 0.29) is 22.9 Å². The predicted octanol–water partition coefficient (Wildman–Crippen LogP) is 1.37. The molecule has 0 aliphatic carbocycles. The van der Waals surface area contributed by atoms with Crippen LogP contribution in [0, 0.1) is 10.1 Å². The number of nitro groups is 1.